The van der Waals surface area contributed by atoms with Crippen molar-refractivity contribution < 1.29 is 4.79 Å². The zero-order valence-electron chi connectivity index (χ0n) is 9.47. The third-order valence-corrected chi connectivity index (χ3v) is 3.92. The van der Waals surface area contributed by atoms with Crippen LogP contribution in [-0.2, 0) is 4.79 Å². The molecule has 82 valence electrons. The third-order valence-electron chi connectivity index (χ3n) is 3.92. The summed E-state index contributed by atoms with van der Waals surface area (Å²) in [4.78, 5) is 11.4. The summed E-state index contributed by atoms with van der Waals surface area (Å²) < 4.78 is 0. The minimum Gasteiger partial charge on any atom is -0.294 e. The Morgan fingerprint density at radius 2 is 2.21 bits per heavy atom. The number of nitrogens with one attached hydrogen (secondary N) is 1. The fraction of sp³-hybridized carbons (Fsp3) is 0.909. The monoisotopic (exact) mass is 198 g/mol. The van der Waals surface area contributed by atoms with Crippen LogP contribution in [0.4, 0.5) is 0 Å². The van der Waals surface area contributed by atoms with E-state index in [1.54, 1.807) is 0 Å². The molecule has 1 aliphatic rings. The van der Waals surface area contributed by atoms with Crippen molar-refractivity contribution in [3.05, 3.63) is 0 Å². The topological polar surface area (TPSA) is 55.1 Å². The van der Waals surface area contributed by atoms with Crippen molar-refractivity contribution in [2.45, 2.75) is 46.5 Å². The number of hydrazine groups is 1. The molecule has 1 fully saturated rings. The van der Waals surface area contributed by atoms with Crippen LogP contribution in [0, 0.1) is 17.3 Å². The van der Waals surface area contributed by atoms with Crippen molar-refractivity contribution >= 4 is 5.91 Å². The molecule has 0 bridgehead atoms. The average molecular weight is 198 g/mol. The molecular weight excluding hydrogens is 176 g/mol. The molecule has 0 radical (unpaired) electrons. The minimum atomic E-state index is 0.0107. The average Bonchev–Trinajstić information content (AvgIpc) is 2.16. The number of nitrogens with two attached hydrogens (primary N) is 1. The number of hydrogen-bond acceptors (Lipinski definition) is 2. The van der Waals surface area contributed by atoms with E-state index in [-0.39, 0.29) is 11.8 Å². The van der Waals surface area contributed by atoms with E-state index in [4.69, 9.17) is 5.84 Å². The molecule has 14 heavy (non-hydrogen) atoms. The Labute approximate surface area is 86.4 Å². The second kappa shape index (κ2) is 4.30. The lowest BCUT2D eigenvalue weighted by Gasteiger charge is -2.40. The van der Waals surface area contributed by atoms with E-state index in [9.17, 15) is 4.79 Å². The summed E-state index contributed by atoms with van der Waals surface area (Å²) in [6.45, 7) is 6.76. The molecule has 1 amide bonds. The molecule has 0 saturated heterocycles. The van der Waals surface area contributed by atoms with Gasteiger partial charge >= 0.3 is 0 Å². The van der Waals surface area contributed by atoms with Gasteiger partial charge in [-0.3, -0.25) is 10.2 Å². The molecule has 0 spiro atoms. The molecule has 3 nitrogen and oxygen atoms in total. The quantitative estimate of drug-likeness (QED) is 0.404. The highest BCUT2D eigenvalue weighted by Crippen LogP contribution is 2.44. The Bertz CT molecular complexity index is 215. The van der Waals surface area contributed by atoms with Gasteiger partial charge < -0.3 is 0 Å². The van der Waals surface area contributed by atoms with E-state index in [0.29, 0.717) is 11.3 Å². The van der Waals surface area contributed by atoms with Crippen LogP contribution in [0.5, 0.6) is 0 Å². The SMILES string of the molecule is CC(C)[C@@]1(C)CCC[C@H](C(=O)NN)C1. The Balaban J connectivity index is 2.64. The van der Waals surface area contributed by atoms with Crippen LogP contribution >= 0.6 is 0 Å². The maximum Gasteiger partial charge on any atom is 0.237 e. The van der Waals surface area contributed by atoms with Gasteiger partial charge in [-0.2, -0.15) is 0 Å². The summed E-state index contributed by atoms with van der Waals surface area (Å²) in [5, 5.41) is 0. The van der Waals surface area contributed by atoms with Gasteiger partial charge in [0.15, 0.2) is 0 Å². The van der Waals surface area contributed by atoms with E-state index in [0.717, 1.165) is 19.3 Å². The summed E-state index contributed by atoms with van der Waals surface area (Å²) in [6.07, 6.45) is 4.35. The van der Waals surface area contributed by atoms with Gasteiger partial charge in [-0.25, -0.2) is 5.84 Å². The Morgan fingerprint density at radius 3 is 2.71 bits per heavy atom. The summed E-state index contributed by atoms with van der Waals surface area (Å²) in [6, 6.07) is 0. The van der Waals surface area contributed by atoms with Crippen LogP contribution in [0.3, 0.4) is 0 Å². The van der Waals surface area contributed by atoms with E-state index in [1.807, 2.05) is 0 Å². The number of carbonyl (C=O) groups excluding carboxylic acids is 1. The molecule has 1 aliphatic carbocycles. The highest BCUT2D eigenvalue weighted by molar-refractivity contribution is 5.78. The maximum atomic E-state index is 11.4. The predicted octanol–water partition coefficient (Wildman–Crippen LogP) is 1.83. The van der Waals surface area contributed by atoms with Gasteiger partial charge in [0.05, 0.1) is 0 Å². The molecule has 1 saturated carbocycles. The first-order valence-electron chi connectivity index (χ1n) is 5.50. The molecule has 0 aliphatic heterocycles. The fourth-order valence-corrected chi connectivity index (χ4v) is 2.39. The summed E-state index contributed by atoms with van der Waals surface area (Å²) in [5.41, 5.74) is 2.59. The molecule has 2 atom stereocenters. The molecular formula is C11H22N2O. The van der Waals surface area contributed by atoms with Crippen molar-refractivity contribution in [3.8, 4) is 0 Å². The van der Waals surface area contributed by atoms with Crippen LogP contribution < -0.4 is 11.3 Å². The number of carbonyl (C=O) groups is 1. The highest BCUT2D eigenvalue weighted by atomic mass is 16.2. The lowest BCUT2D eigenvalue weighted by molar-refractivity contribution is -0.127. The highest BCUT2D eigenvalue weighted by Gasteiger charge is 2.37. The van der Waals surface area contributed by atoms with Crippen LogP contribution in [0.15, 0.2) is 0 Å². The van der Waals surface area contributed by atoms with Gasteiger partial charge in [-0.15, -0.1) is 0 Å². The normalized spacial score (nSPS) is 33.1. The lowest BCUT2D eigenvalue weighted by atomic mass is 9.65. The Hall–Kier alpha value is -0.570. The second-order valence-electron chi connectivity index (χ2n) is 5.11. The van der Waals surface area contributed by atoms with E-state index >= 15 is 0 Å². The van der Waals surface area contributed by atoms with Crippen LogP contribution in [-0.4, -0.2) is 5.91 Å². The molecule has 0 aromatic carbocycles. The maximum absolute atomic E-state index is 11.4. The third kappa shape index (κ3) is 2.27. The van der Waals surface area contributed by atoms with Gasteiger partial charge in [-0.05, 0) is 30.6 Å². The van der Waals surface area contributed by atoms with Crippen LogP contribution in [0.1, 0.15) is 46.5 Å². The number of rotatable bonds is 2. The van der Waals surface area contributed by atoms with Gasteiger partial charge in [0.2, 0.25) is 5.91 Å². The molecule has 0 aromatic rings. The van der Waals surface area contributed by atoms with Crippen LogP contribution in [0.2, 0.25) is 0 Å². The predicted molar refractivity (Wildman–Crippen MR) is 57.2 cm³/mol. The summed E-state index contributed by atoms with van der Waals surface area (Å²) in [7, 11) is 0. The van der Waals surface area contributed by atoms with Crippen molar-refractivity contribution in [3.63, 3.8) is 0 Å². The fourth-order valence-electron chi connectivity index (χ4n) is 2.39. The van der Waals surface area contributed by atoms with Crippen molar-refractivity contribution in [2.75, 3.05) is 0 Å². The first-order chi connectivity index (χ1) is 6.49. The molecule has 1 rings (SSSR count). The largest absolute Gasteiger partial charge is 0.294 e. The summed E-state index contributed by atoms with van der Waals surface area (Å²) in [5.74, 6) is 5.94. The molecule has 3 N–H and O–H groups in total. The van der Waals surface area contributed by atoms with Crippen molar-refractivity contribution in [1.29, 1.82) is 0 Å². The lowest BCUT2D eigenvalue weighted by Crippen LogP contribution is -2.41. The first kappa shape index (κ1) is 11.5. The van der Waals surface area contributed by atoms with Crippen molar-refractivity contribution in [1.82, 2.24) is 5.43 Å². The Kier molecular flexibility index (Phi) is 3.53. The molecule has 3 heteroatoms. The van der Waals surface area contributed by atoms with E-state index < -0.39 is 0 Å². The number of amides is 1. The van der Waals surface area contributed by atoms with Gasteiger partial charge in [-0.1, -0.05) is 27.2 Å². The Morgan fingerprint density at radius 1 is 1.57 bits per heavy atom. The zero-order chi connectivity index (χ0) is 10.8. The molecule has 0 heterocycles. The first-order valence-corrected chi connectivity index (χ1v) is 5.50. The van der Waals surface area contributed by atoms with E-state index in [1.165, 1.54) is 6.42 Å². The molecule has 0 aromatic heterocycles. The van der Waals surface area contributed by atoms with Crippen molar-refractivity contribution in [2.24, 2.45) is 23.1 Å². The second-order valence-corrected chi connectivity index (χ2v) is 5.11. The summed E-state index contributed by atoms with van der Waals surface area (Å²) >= 11 is 0. The van der Waals surface area contributed by atoms with Gasteiger partial charge in [0.25, 0.3) is 0 Å². The standard InChI is InChI=1S/C11H22N2O/c1-8(2)11(3)6-4-5-9(7-11)10(14)13-12/h8-9H,4-7,12H2,1-3H3,(H,13,14)/t9-,11-/m0/s1. The minimum absolute atomic E-state index is 0.0107. The molecule has 0 unspecified atom stereocenters. The zero-order valence-corrected chi connectivity index (χ0v) is 9.47. The van der Waals surface area contributed by atoms with Gasteiger partial charge in [0, 0.05) is 5.92 Å². The number of hydrogen-bond donors (Lipinski definition) is 2. The smallest absolute Gasteiger partial charge is 0.237 e. The van der Waals surface area contributed by atoms with E-state index in [2.05, 4.69) is 26.2 Å². The van der Waals surface area contributed by atoms with Crippen LogP contribution in [0.25, 0.3) is 0 Å². The van der Waals surface area contributed by atoms with Gasteiger partial charge in [0.1, 0.15) is 0 Å².